The molecule has 0 N–H and O–H groups in total. The number of aryl methyl sites for hydroxylation is 1. The first-order chi connectivity index (χ1) is 13.2. The minimum Gasteiger partial charge on any atom is -0.481 e. The normalized spacial score (nSPS) is 15.2. The van der Waals surface area contributed by atoms with Crippen molar-refractivity contribution < 1.29 is 9.47 Å². The number of hydrogen-bond donors (Lipinski definition) is 0. The summed E-state index contributed by atoms with van der Waals surface area (Å²) in [6.07, 6.45) is 1.05. The van der Waals surface area contributed by atoms with Crippen LogP contribution in [0, 0.1) is 6.92 Å². The molecule has 0 spiro atoms. The summed E-state index contributed by atoms with van der Waals surface area (Å²) in [7, 11) is 1.63. The third kappa shape index (κ3) is 4.10. The zero-order valence-electron chi connectivity index (χ0n) is 15.9. The standard InChI is InChI=1S/C22H25N3O2/c1-16-14-21(20-4-3-5-22(24-20)26-2)23-19-7-6-17(15-18(16)19)8-9-25-10-12-27-13-11-25/h3-7,14-15H,8-13H2,1-2H3. The van der Waals surface area contributed by atoms with Crippen LogP contribution in [0.5, 0.6) is 5.88 Å². The quantitative estimate of drug-likeness (QED) is 0.694. The third-order valence-electron chi connectivity index (χ3n) is 5.10. The van der Waals surface area contributed by atoms with Crippen LogP contribution in [-0.4, -0.2) is 54.8 Å². The van der Waals surface area contributed by atoms with Crippen molar-refractivity contribution >= 4 is 10.9 Å². The van der Waals surface area contributed by atoms with Gasteiger partial charge in [-0.2, -0.15) is 0 Å². The van der Waals surface area contributed by atoms with Crippen molar-refractivity contribution in [2.45, 2.75) is 13.3 Å². The predicted octanol–water partition coefficient (Wildman–Crippen LogP) is 3.49. The minimum atomic E-state index is 0.602. The van der Waals surface area contributed by atoms with Crippen LogP contribution < -0.4 is 4.74 Å². The molecule has 1 fully saturated rings. The van der Waals surface area contributed by atoms with Gasteiger partial charge in [0, 0.05) is 31.1 Å². The summed E-state index contributed by atoms with van der Waals surface area (Å²) >= 11 is 0. The zero-order chi connectivity index (χ0) is 18.6. The molecule has 0 amide bonds. The summed E-state index contributed by atoms with van der Waals surface area (Å²) in [6, 6.07) is 14.5. The monoisotopic (exact) mass is 363 g/mol. The molecule has 0 bridgehead atoms. The Kier molecular flexibility index (Phi) is 5.32. The molecule has 0 atom stereocenters. The molecule has 0 saturated carbocycles. The van der Waals surface area contributed by atoms with Crippen LogP contribution >= 0.6 is 0 Å². The highest BCUT2D eigenvalue weighted by Gasteiger charge is 2.11. The lowest BCUT2D eigenvalue weighted by Crippen LogP contribution is -2.37. The molecule has 2 aromatic heterocycles. The Balaban J connectivity index is 1.58. The van der Waals surface area contributed by atoms with E-state index in [9.17, 15) is 0 Å². The number of nitrogens with zero attached hydrogens (tertiary/aromatic N) is 3. The van der Waals surface area contributed by atoms with Gasteiger partial charge in [-0.25, -0.2) is 9.97 Å². The van der Waals surface area contributed by atoms with Crippen LogP contribution in [0.25, 0.3) is 22.3 Å². The smallest absolute Gasteiger partial charge is 0.213 e. The van der Waals surface area contributed by atoms with E-state index in [1.165, 1.54) is 16.5 Å². The van der Waals surface area contributed by atoms with Crippen molar-refractivity contribution in [3.8, 4) is 17.3 Å². The molecule has 5 nitrogen and oxygen atoms in total. The van der Waals surface area contributed by atoms with Crippen LogP contribution in [0.1, 0.15) is 11.1 Å². The highest BCUT2D eigenvalue weighted by Crippen LogP contribution is 2.25. The Hall–Kier alpha value is -2.50. The number of aromatic nitrogens is 2. The van der Waals surface area contributed by atoms with Gasteiger partial charge >= 0.3 is 0 Å². The first-order valence-corrected chi connectivity index (χ1v) is 9.45. The van der Waals surface area contributed by atoms with E-state index in [4.69, 9.17) is 14.5 Å². The number of fused-ring (bicyclic) bond motifs is 1. The van der Waals surface area contributed by atoms with Crippen molar-refractivity contribution in [2.75, 3.05) is 40.0 Å². The molecule has 3 aromatic rings. The van der Waals surface area contributed by atoms with Crippen molar-refractivity contribution in [1.29, 1.82) is 0 Å². The summed E-state index contributed by atoms with van der Waals surface area (Å²) in [5, 5.41) is 1.21. The first kappa shape index (κ1) is 17.9. The lowest BCUT2D eigenvalue weighted by molar-refractivity contribution is 0.0384. The van der Waals surface area contributed by atoms with Gasteiger partial charge in [0.1, 0.15) is 0 Å². The summed E-state index contributed by atoms with van der Waals surface area (Å²) in [5.74, 6) is 0.602. The molecule has 1 saturated heterocycles. The fourth-order valence-corrected chi connectivity index (χ4v) is 3.51. The van der Waals surface area contributed by atoms with Crippen LogP contribution in [0.4, 0.5) is 0 Å². The number of rotatable bonds is 5. The molecule has 3 heterocycles. The van der Waals surface area contributed by atoms with E-state index in [0.717, 1.165) is 56.2 Å². The Bertz CT molecular complexity index is 936. The Labute approximate surface area is 160 Å². The summed E-state index contributed by atoms with van der Waals surface area (Å²) in [6.45, 7) is 6.98. The predicted molar refractivity (Wildman–Crippen MR) is 107 cm³/mol. The van der Waals surface area contributed by atoms with E-state index in [2.05, 4.69) is 41.1 Å². The van der Waals surface area contributed by atoms with Crippen molar-refractivity contribution in [3.05, 3.63) is 53.6 Å². The average molecular weight is 363 g/mol. The molecule has 0 aliphatic carbocycles. The van der Waals surface area contributed by atoms with Crippen molar-refractivity contribution in [2.24, 2.45) is 0 Å². The molecule has 1 aliphatic rings. The van der Waals surface area contributed by atoms with Gasteiger partial charge in [-0.3, -0.25) is 4.90 Å². The lowest BCUT2D eigenvalue weighted by atomic mass is 10.0. The second kappa shape index (κ2) is 8.03. The topological polar surface area (TPSA) is 47.5 Å². The minimum absolute atomic E-state index is 0.602. The largest absolute Gasteiger partial charge is 0.481 e. The second-order valence-corrected chi connectivity index (χ2v) is 6.95. The fraction of sp³-hybridized carbons (Fsp3) is 0.364. The lowest BCUT2D eigenvalue weighted by Gasteiger charge is -2.26. The highest BCUT2D eigenvalue weighted by molar-refractivity contribution is 5.85. The van der Waals surface area contributed by atoms with E-state index >= 15 is 0 Å². The first-order valence-electron chi connectivity index (χ1n) is 9.45. The van der Waals surface area contributed by atoms with Gasteiger partial charge in [0.2, 0.25) is 5.88 Å². The van der Waals surface area contributed by atoms with Gasteiger partial charge in [-0.05, 0) is 48.7 Å². The van der Waals surface area contributed by atoms with Gasteiger partial charge in [0.15, 0.2) is 0 Å². The van der Waals surface area contributed by atoms with E-state index in [-0.39, 0.29) is 0 Å². The SMILES string of the molecule is COc1cccc(-c2cc(C)c3cc(CCN4CCOCC4)ccc3n2)n1. The average Bonchev–Trinajstić information content (AvgIpc) is 2.73. The summed E-state index contributed by atoms with van der Waals surface area (Å²) < 4.78 is 10.7. The van der Waals surface area contributed by atoms with Gasteiger partial charge in [-0.15, -0.1) is 0 Å². The zero-order valence-corrected chi connectivity index (χ0v) is 15.9. The van der Waals surface area contributed by atoms with E-state index in [1.54, 1.807) is 7.11 Å². The summed E-state index contributed by atoms with van der Waals surface area (Å²) in [5.41, 5.74) is 5.28. The Morgan fingerprint density at radius 2 is 1.89 bits per heavy atom. The van der Waals surface area contributed by atoms with Gasteiger partial charge in [-0.1, -0.05) is 12.1 Å². The van der Waals surface area contributed by atoms with Crippen LogP contribution in [0.15, 0.2) is 42.5 Å². The molecular formula is C22H25N3O2. The third-order valence-corrected chi connectivity index (χ3v) is 5.10. The molecule has 140 valence electrons. The molecule has 1 aromatic carbocycles. The summed E-state index contributed by atoms with van der Waals surface area (Å²) in [4.78, 5) is 11.8. The maximum Gasteiger partial charge on any atom is 0.213 e. The van der Waals surface area contributed by atoms with Crippen molar-refractivity contribution in [1.82, 2.24) is 14.9 Å². The fourth-order valence-electron chi connectivity index (χ4n) is 3.51. The molecule has 27 heavy (non-hydrogen) atoms. The number of benzene rings is 1. The molecular weight excluding hydrogens is 338 g/mol. The van der Waals surface area contributed by atoms with Crippen LogP contribution in [-0.2, 0) is 11.2 Å². The maximum atomic E-state index is 5.42. The highest BCUT2D eigenvalue weighted by atomic mass is 16.5. The molecule has 1 aliphatic heterocycles. The number of hydrogen-bond acceptors (Lipinski definition) is 5. The second-order valence-electron chi connectivity index (χ2n) is 6.95. The molecule has 5 heteroatoms. The maximum absolute atomic E-state index is 5.42. The van der Waals surface area contributed by atoms with Crippen LogP contribution in [0.2, 0.25) is 0 Å². The Morgan fingerprint density at radius 1 is 1.04 bits per heavy atom. The van der Waals surface area contributed by atoms with Gasteiger partial charge in [0.05, 0.1) is 37.2 Å². The Morgan fingerprint density at radius 3 is 2.70 bits per heavy atom. The van der Waals surface area contributed by atoms with E-state index < -0.39 is 0 Å². The number of morpholine rings is 1. The molecule has 0 radical (unpaired) electrons. The van der Waals surface area contributed by atoms with Crippen molar-refractivity contribution in [3.63, 3.8) is 0 Å². The number of ether oxygens (including phenoxy) is 2. The van der Waals surface area contributed by atoms with Crippen LogP contribution in [0.3, 0.4) is 0 Å². The number of pyridine rings is 2. The number of methoxy groups -OCH3 is 1. The molecule has 0 unspecified atom stereocenters. The molecule has 4 rings (SSSR count). The van der Waals surface area contributed by atoms with Gasteiger partial charge < -0.3 is 9.47 Å². The van der Waals surface area contributed by atoms with E-state index in [1.807, 2.05) is 18.2 Å². The van der Waals surface area contributed by atoms with Gasteiger partial charge in [0.25, 0.3) is 0 Å². The van der Waals surface area contributed by atoms with E-state index in [0.29, 0.717) is 5.88 Å².